The van der Waals surface area contributed by atoms with E-state index < -0.39 is 0 Å². The maximum absolute atomic E-state index is 12.0. The molecular weight excluding hydrogens is 290 g/mol. The summed E-state index contributed by atoms with van der Waals surface area (Å²) in [6.07, 6.45) is 7.20. The Hall–Kier alpha value is -1.84. The molecule has 0 aliphatic carbocycles. The molecule has 1 amide bonds. The quantitative estimate of drug-likeness (QED) is 0.493. The van der Waals surface area contributed by atoms with Crippen LogP contribution in [0.4, 0.5) is 0 Å². The van der Waals surface area contributed by atoms with E-state index in [0.29, 0.717) is 12.2 Å². The van der Waals surface area contributed by atoms with E-state index in [-0.39, 0.29) is 24.3 Å². The van der Waals surface area contributed by atoms with Gasteiger partial charge < -0.3 is 10.1 Å². The maximum atomic E-state index is 12.0. The molecule has 0 saturated carbocycles. The third kappa shape index (κ3) is 9.01. The van der Waals surface area contributed by atoms with E-state index in [1.165, 1.54) is 25.7 Å². The van der Waals surface area contributed by atoms with Crippen LogP contribution in [0.25, 0.3) is 0 Å². The molecule has 1 aromatic rings. The number of rotatable bonds is 11. The van der Waals surface area contributed by atoms with Gasteiger partial charge in [0, 0.05) is 11.6 Å². The lowest BCUT2D eigenvalue weighted by atomic mass is 10.1. The van der Waals surface area contributed by atoms with Crippen LogP contribution < -0.4 is 5.32 Å². The molecule has 0 aromatic heterocycles. The van der Waals surface area contributed by atoms with E-state index in [9.17, 15) is 9.59 Å². The van der Waals surface area contributed by atoms with E-state index in [0.717, 1.165) is 12.8 Å². The highest BCUT2D eigenvalue weighted by atomic mass is 16.5. The van der Waals surface area contributed by atoms with Crippen LogP contribution in [-0.2, 0) is 9.53 Å². The SMILES string of the molecule is CCCCCCCCOC(=O)CC(C)NC(=O)c1ccccc1. The molecule has 128 valence electrons. The number of unbranched alkanes of at least 4 members (excludes halogenated alkanes) is 5. The van der Waals surface area contributed by atoms with Gasteiger partial charge in [0.15, 0.2) is 0 Å². The van der Waals surface area contributed by atoms with Crippen LogP contribution in [0.2, 0.25) is 0 Å². The topological polar surface area (TPSA) is 55.4 Å². The van der Waals surface area contributed by atoms with Crippen molar-refractivity contribution in [2.75, 3.05) is 6.61 Å². The molecule has 4 heteroatoms. The zero-order valence-electron chi connectivity index (χ0n) is 14.3. The van der Waals surface area contributed by atoms with Crippen LogP contribution in [0.15, 0.2) is 30.3 Å². The Morgan fingerprint density at radius 3 is 2.39 bits per heavy atom. The number of carbonyl (C=O) groups excluding carboxylic acids is 2. The summed E-state index contributed by atoms with van der Waals surface area (Å²) < 4.78 is 5.22. The number of hydrogen-bond donors (Lipinski definition) is 1. The third-order valence-corrected chi connectivity index (χ3v) is 3.65. The van der Waals surface area contributed by atoms with Crippen LogP contribution >= 0.6 is 0 Å². The smallest absolute Gasteiger partial charge is 0.307 e. The fourth-order valence-corrected chi connectivity index (χ4v) is 2.33. The normalized spacial score (nSPS) is 11.7. The number of carbonyl (C=O) groups is 2. The van der Waals surface area contributed by atoms with Crippen LogP contribution in [0, 0.1) is 0 Å². The fourth-order valence-electron chi connectivity index (χ4n) is 2.33. The van der Waals surface area contributed by atoms with E-state index >= 15 is 0 Å². The highest BCUT2D eigenvalue weighted by molar-refractivity contribution is 5.94. The van der Waals surface area contributed by atoms with Crippen molar-refractivity contribution >= 4 is 11.9 Å². The number of nitrogens with one attached hydrogen (secondary N) is 1. The maximum Gasteiger partial charge on any atom is 0.307 e. The average molecular weight is 319 g/mol. The molecule has 0 heterocycles. The monoisotopic (exact) mass is 319 g/mol. The molecule has 0 aliphatic rings. The summed E-state index contributed by atoms with van der Waals surface area (Å²) in [7, 11) is 0. The predicted molar refractivity (Wildman–Crippen MR) is 92.3 cm³/mol. The molecule has 0 radical (unpaired) electrons. The minimum atomic E-state index is -0.251. The lowest BCUT2D eigenvalue weighted by Crippen LogP contribution is -2.34. The van der Waals surface area contributed by atoms with Gasteiger partial charge in [0.2, 0.25) is 0 Å². The molecule has 0 saturated heterocycles. The molecule has 0 fully saturated rings. The number of esters is 1. The Balaban J connectivity index is 2.13. The highest BCUT2D eigenvalue weighted by Gasteiger charge is 2.13. The summed E-state index contributed by atoms with van der Waals surface area (Å²) in [4.78, 5) is 23.7. The Morgan fingerprint density at radius 1 is 1.04 bits per heavy atom. The summed E-state index contributed by atoms with van der Waals surface area (Å²) in [6.45, 7) is 4.48. The van der Waals surface area contributed by atoms with E-state index in [4.69, 9.17) is 4.74 Å². The Labute approximate surface area is 139 Å². The van der Waals surface area contributed by atoms with Gasteiger partial charge in [-0.15, -0.1) is 0 Å². The predicted octanol–water partition coefficient (Wildman–Crippen LogP) is 4.10. The molecule has 0 aliphatic heterocycles. The first-order valence-electron chi connectivity index (χ1n) is 8.65. The summed E-state index contributed by atoms with van der Waals surface area (Å²) in [5, 5.41) is 2.81. The molecule has 0 spiro atoms. The van der Waals surface area contributed by atoms with Gasteiger partial charge in [-0.2, -0.15) is 0 Å². The van der Waals surface area contributed by atoms with Crippen molar-refractivity contribution < 1.29 is 14.3 Å². The van der Waals surface area contributed by atoms with Crippen LogP contribution in [0.5, 0.6) is 0 Å². The van der Waals surface area contributed by atoms with Crippen molar-refractivity contribution in [3.05, 3.63) is 35.9 Å². The molecule has 1 rings (SSSR count). The number of ether oxygens (including phenoxy) is 1. The second-order valence-electron chi connectivity index (χ2n) is 5.93. The Bertz CT molecular complexity index is 459. The second kappa shape index (κ2) is 11.7. The molecule has 1 unspecified atom stereocenters. The summed E-state index contributed by atoms with van der Waals surface area (Å²) in [6, 6.07) is 8.75. The largest absolute Gasteiger partial charge is 0.466 e. The van der Waals surface area contributed by atoms with Gasteiger partial charge in [0.05, 0.1) is 13.0 Å². The van der Waals surface area contributed by atoms with E-state index in [1.54, 1.807) is 12.1 Å². The van der Waals surface area contributed by atoms with Gasteiger partial charge in [-0.1, -0.05) is 57.2 Å². The molecule has 1 aromatic carbocycles. The lowest BCUT2D eigenvalue weighted by Gasteiger charge is -2.13. The van der Waals surface area contributed by atoms with Crippen molar-refractivity contribution in [3.63, 3.8) is 0 Å². The average Bonchev–Trinajstić information content (AvgIpc) is 2.54. The van der Waals surface area contributed by atoms with Crippen molar-refractivity contribution in [1.82, 2.24) is 5.32 Å². The summed E-state index contributed by atoms with van der Waals surface area (Å²) in [5.41, 5.74) is 0.597. The molecular formula is C19H29NO3. The van der Waals surface area contributed by atoms with Crippen LogP contribution in [0.1, 0.15) is 69.2 Å². The van der Waals surface area contributed by atoms with Crippen molar-refractivity contribution in [2.24, 2.45) is 0 Å². The standard InChI is InChI=1S/C19H29NO3/c1-3-4-5-6-7-11-14-23-18(21)15-16(2)20-19(22)17-12-9-8-10-13-17/h8-10,12-13,16H,3-7,11,14-15H2,1-2H3,(H,20,22). The van der Waals surface area contributed by atoms with Gasteiger partial charge >= 0.3 is 5.97 Å². The Morgan fingerprint density at radius 2 is 1.70 bits per heavy atom. The minimum Gasteiger partial charge on any atom is -0.466 e. The minimum absolute atomic E-state index is 0.165. The molecule has 4 nitrogen and oxygen atoms in total. The number of benzene rings is 1. The summed E-state index contributed by atoms with van der Waals surface area (Å²) in [5.74, 6) is -0.416. The highest BCUT2D eigenvalue weighted by Crippen LogP contribution is 2.06. The molecule has 0 bridgehead atoms. The van der Waals surface area contributed by atoms with Crippen LogP contribution in [-0.4, -0.2) is 24.5 Å². The molecule has 1 atom stereocenters. The van der Waals surface area contributed by atoms with Crippen molar-refractivity contribution in [2.45, 2.75) is 64.8 Å². The zero-order chi connectivity index (χ0) is 16.9. The fraction of sp³-hybridized carbons (Fsp3) is 0.579. The van der Waals surface area contributed by atoms with Gasteiger partial charge in [-0.05, 0) is 25.5 Å². The second-order valence-corrected chi connectivity index (χ2v) is 5.93. The van der Waals surface area contributed by atoms with Gasteiger partial charge in [-0.25, -0.2) is 0 Å². The van der Waals surface area contributed by atoms with Gasteiger partial charge in [-0.3, -0.25) is 9.59 Å². The number of hydrogen-bond acceptors (Lipinski definition) is 3. The van der Waals surface area contributed by atoms with E-state index in [1.807, 2.05) is 25.1 Å². The first-order valence-corrected chi connectivity index (χ1v) is 8.65. The first kappa shape index (κ1) is 19.2. The Kier molecular flexibility index (Phi) is 9.76. The molecule has 1 N–H and O–H groups in total. The van der Waals surface area contributed by atoms with Gasteiger partial charge in [0.1, 0.15) is 0 Å². The van der Waals surface area contributed by atoms with E-state index in [2.05, 4.69) is 12.2 Å². The zero-order valence-corrected chi connectivity index (χ0v) is 14.3. The first-order chi connectivity index (χ1) is 11.1. The van der Waals surface area contributed by atoms with Crippen molar-refractivity contribution in [1.29, 1.82) is 0 Å². The van der Waals surface area contributed by atoms with Gasteiger partial charge in [0.25, 0.3) is 5.91 Å². The van der Waals surface area contributed by atoms with Crippen LogP contribution in [0.3, 0.4) is 0 Å². The third-order valence-electron chi connectivity index (χ3n) is 3.65. The lowest BCUT2D eigenvalue weighted by molar-refractivity contribution is -0.144. The van der Waals surface area contributed by atoms with Crippen molar-refractivity contribution in [3.8, 4) is 0 Å². The summed E-state index contributed by atoms with van der Waals surface area (Å²) >= 11 is 0. The number of amides is 1. The molecule has 23 heavy (non-hydrogen) atoms.